The number of amides is 1. The first kappa shape index (κ1) is 17.2. The van der Waals surface area contributed by atoms with E-state index in [4.69, 9.17) is 4.74 Å². The molecule has 1 N–H and O–H groups in total. The maximum absolute atomic E-state index is 13.4. The van der Waals surface area contributed by atoms with Crippen molar-refractivity contribution in [3.63, 3.8) is 0 Å². The van der Waals surface area contributed by atoms with Crippen molar-refractivity contribution in [2.75, 3.05) is 23.9 Å². The van der Waals surface area contributed by atoms with Crippen LogP contribution in [-0.4, -0.2) is 24.5 Å². The smallest absolute Gasteiger partial charge is 0.259 e. The molecule has 0 unspecified atom stereocenters. The van der Waals surface area contributed by atoms with Crippen LogP contribution < -0.4 is 10.1 Å². The molecule has 0 aromatic heterocycles. The molecule has 1 amide bonds. The molecule has 0 atom stereocenters. The van der Waals surface area contributed by atoms with E-state index in [1.54, 1.807) is 0 Å². The van der Waals surface area contributed by atoms with E-state index in [0.29, 0.717) is 16.0 Å². The van der Waals surface area contributed by atoms with Crippen molar-refractivity contribution in [3.8, 4) is 5.75 Å². The Bertz CT molecular complexity index is 733. The van der Waals surface area contributed by atoms with Gasteiger partial charge in [0.2, 0.25) is 0 Å². The Balaban J connectivity index is 1.78. The average molecular weight is 363 g/mol. The number of ether oxygens (including phenoxy) is 1. The third kappa shape index (κ3) is 4.05. The first-order valence-corrected chi connectivity index (χ1v) is 9.75. The highest BCUT2D eigenvalue weighted by molar-refractivity contribution is 8.16. The van der Waals surface area contributed by atoms with Gasteiger partial charge in [0, 0.05) is 5.69 Å². The van der Waals surface area contributed by atoms with E-state index >= 15 is 0 Å². The molecule has 1 saturated heterocycles. The predicted octanol–water partition coefficient (Wildman–Crippen LogP) is 4.96. The van der Waals surface area contributed by atoms with Gasteiger partial charge in [-0.1, -0.05) is 12.1 Å². The Morgan fingerprint density at radius 2 is 2.00 bits per heavy atom. The van der Waals surface area contributed by atoms with Gasteiger partial charge in [-0.2, -0.15) is 0 Å². The second-order valence-corrected chi connectivity index (χ2v) is 8.08. The molecule has 2 aromatic carbocycles. The number of carbonyl (C=O) groups is 1. The molecule has 3 rings (SSSR count). The highest BCUT2D eigenvalue weighted by Gasteiger charge is 2.18. The van der Waals surface area contributed by atoms with Crippen LogP contribution in [0.2, 0.25) is 0 Å². The van der Waals surface area contributed by atoms with Gasteiger partial charge in [-0.15, -0.1) is 23.5 Å². The monoisotopic (exact) mass is 363 g/mol. The van der Waals surface area contributed by atoms with Crippen LogP contribution >= 0.6 is 23.5 Å². The highest BCUT2D eigenvalue weighted by Crippen LogP contribution is 2.44. The Morgan fingerprint density at radius 1 is 1.21 bits per heavy atom. The molecular weight excluding hydrogens is 345 g/mol. The lowest BCUT2D eigenvalue weighted by molar-refractivity contribution is 0.102. The van der Waals surface area contributed by atoms with Crippen LogP contribution in [0.3, 0.4) is 0 Å². The Labute approximate surface area is 149 Å². The summed E-state index contributed by atoms with van der Waals surface area (Å²) >= 11 is 3.86. The van der Waals surface area contributed by atoms with Gasteiger partial charge in [-0.05, 0) is 53.8 Å². The fourth-order valence-electron chi connectivity index (χ4n) is 2.50. The zero-order valence-corrected chi connectivity index (χ0v) is 14.9. The maximum Gasteiger partial charge on any atom is 0.259 e. The average Bonchev–Trinajstić information content (AvgIpc) is 2.62. The number of thioether (sulfide) groups is 2. The van der Waals surface area contributed by atoms with Crippen molar-refractivity contribution in [3.05, 3.63) is 59.4 Å². The van der Waals surface area contributed by atoms with Crippen molar-refractivity contribution in [1.82, 2.24) is 0 Å². The van der Waals surface area contributed by atoms with Crippen LogP contribution in [0.1, 0.15) is 26.9 Å². The van der Waals surface area contributed by atoms with Gasteiger partial charge in [0.25, 0.3) is 5.91 Å². The second kappa shape index (κ2) is 7.94. The fourth-order valence-corrected chi connectivity index (χ4v) is 5.37. The molecule has 126 valence electrons. The Morgan fingerprint density at radius 3 is 2.75 bits per heavy atom. The van der Waals surface area contributed by atoms with Gasteiger partial charge in [0.05, 0.1) is 17.3 Å². The van der Waals surface area contributed by atoms with Gasteiger partial charge in [0.15, 0.2) is 0 Å². The lowest BCUT2D eigenvalue weighted by atomic mass is 10.1. The van der Waals surface area contributed by atoms with Crippen molar-refractivity contribution in [1.29, 1.82) is 0 Å². The summed E-state index contributed by atoms with van der Waals surface area (Å²) in [6.07, 6.45) is 1.24. The molecular formula is C18H18FNO2S2. The molecule has 6 heteroatoms. The molecule has 0 radical (unpaired) electrons. The molecule has 2 aromatic rings. The SMILES string of the molecule is COc1ccc(F)cc1C(=O)Nc1cccc(C2SCCCS2)c1. The first-order chi connectivity index (χ1) is 11.7. The standard InChI is InChI=1S/C18H18FNO2S2/c1-22-16-7-6-13(19)11-15(16)17(21)20-14-5-2-4-12(10-14)18-23-8-3-9-24-18/h2,4-7,10-11,18H,3,8-9H2,1H3,(H,20,21). The molecule has 0 spiro atoms. The summed E-state index contributed by atoms with van der Waals surface area (Å²) in [6.45, 7) is 0. The number of nitrogens with one attached hydrogen (secondary N) is 1. The largest absolute Gasteiger partial charge is 0.496 e. The molecule has 3 nitrogen and oxygen atoms in total. The molecule has 0 aliphatic carbocycles. The number of rotatable bonds is 4. The van der Waals surface area contributed by atoms with Crippen LogP contribution in [0.25, 0.3) is 0 Å². The number of carbonyl (C=O) groups excluding carboxylic acids is 1. The molecule has 1 fully saturated rings. The predicted molar refractivity (Wildman–Crippen MR) is 99.6 cm³/mol. The Hall–Kier alpha value is -1.66. The second-order valence-electron chi connectivity index (χ2n) is 5.35. The number of benzene rings is 2. The molecule has 0 saturated carbocycles. The Kier molecular flexibility index (Phi) is 5.68. The van der Waals surface area contributed by atoms with Crippen LogP contribution in [0.4, 0.5) is 10.1 Å². The van der Waals surface area contributed by atoms with E-state index in [0.717, 1.165) is 11.5 Å². The van der Waals surface area contributed by atoms with Gasteiger partial charge in [-0.3, -0.25) is 4.79 Å². The van der Waals surface area contributed by atoms with Crippen molar-refractivity contribution in [2.45, 2.75) is 11.0 Å². The minimum absolute atomic E-state index is 0.185. The van der Waals surface area contributed by atoms with Crippen LogP contribution in [-0.2, 0) is 0 Å². The number of hydrogen-bond acceptors (Lipinski definition) is 4. The molecule has 24 heavy (non-hydrogen) atoms. The van der Waals surface area contributed by atoms with Gasteiger partial charge in [0.1, 0.15) is 11.6 Å². The van der Waals surface area contributed by atoms with Crippen LogP contribution in [0, 0.1) is 5.82 Å². The van der Waals surface area contributed by atoms with E-state index in [-0.39, 0.29) is 11.5 Å². The zero-order chi connectivity index (χ0) is 16.9. The van der Waals surface area contributed by atoms with Crippen LogP contribution in [0.15, 0.2) is 42.5 Å². The fraction of sp³-hybridized carbons (Fsp3) is 0.278. The highest BCUT2D eigenvalue weighted by atomic mass is 32.2. The van der Waals surface area contributed by atoms with Crippen molar-refractivity contribution < 1.29 is 13.9 Å². The van der Waals surface area contributed by atoms with E-state index < -0.39 is 5.82 Å². The third-order valence-electron chi connectivity index (χ3n) is 3.65. The summed E-state index contributed by atoms with van der Waals surface area (Å²) < 4.78 is 19.0. The summed E-state index contributed by atoms with van der Waals surface area (Å²) in [6, 6.07) is 11.7. The van der Waals surface area contributed by atoms with Gasteiger partial charge >= 0.3 is 0 Å². The quantitative estimate of drug-likeness (QED) is 0.834. The molecule has 0 bridgehead atoms. The number of anilines is 1. The molecule has 1 heterocycles. The first-order valence-electron chi connectivity index (χ1n) is 7.65. The summed E-state index contributed by atoms with van der Waals surface area (Å²) in [5, 5.41) is 2.84. The zero-order valence-electron chi connectivity index (χ0n) is 13.3. The topological polar surface area (TPSA) is 38.3 Å². The van der Waals surface area contributed by atoms with Crippen molar-refractivity contribution in [2.24, 2.45) is 0 Å². The van der Waals surface area contributed by atoms with Crippen LogP contribution in [0.5, 0.6) is 5.75 Å². The number of methoxy groups -OCH3 is 1. The summed E-state index contributed by atoms with van der Waals surface area (Å²) in [5.74, 6) is 1.82. The molecule has 1 aliphatic heterocycles. The summed E-state index contributed by atoms with van der Waals surface area (Å²) in [7, 11) is 1.46. The van der Waals surface area contributed by atoms with E-state index in [2.05, 4.69) is 11.4 Å². The van der Waals surface area contributed by atoms with E-state index in [1.807, 2.05) is 41.7 Å². The lowest BCUT2D eigenvalue weighted by Crippen LogP contribution is -2.14. The number of halogens is 1. The lowest BCUT2D eigenvalue weighted by Gasteiger charge is -2.21. The minimum Gasteiger partial charge on any atom is -0.496 e. The summed E-state index contributed by atoms with van der Waals surface area (Å²) in [4.78, 5) is 12.5. The minimum atomic E-state index is -0.468. The molecule has 1 aliphatic rings. The van der Waals surface area contributed by atoms with E-state index in [1.165, 1.54) is 37.3 Å². The van der Waals surface area contributed by atoms with E-state index in [9.17, 15) is 9.18 Å². The normalized spacial score (nSPS) is 15.1. The van der Waals surface area contributed by atoms with Crippen molar-refractivity contribution >= 4 is 35.1 Å². The van der Waals surface area contributed by atoms with Gasteiger partial charge in [-0.25, -0.2) is 4.39 Å². The van der Waals surface area contributed by atoms with Gasteiger partial charge < -0.3 is 10.1 Å². The summed E-state index contributed by atoms with van der Waals surface area (Å²) in [5.41, 5.74) is 2.08. The number of hydrogen-bond donors (Lipinski definition) is 1. The third-order valence-corrected chi connectivity index (χ3v) is 6.67. The maximum atomic E-state index is 13.4.